The molecule has 0 aliphatic rings. The first-order valence-corrected chi connectivity index (χ1v) is 2.99. The van der Waals surface area contributed by atoms with Crippen molar-refractivity contribution in [2.24, 2.45) is 0 Å². The Morgan fingerprint density at radius 3 is 2.64 bits per heavy atom. The smallest absolute Gasteiger partial charge is 0.365 e. The Morgan fingerprint density at radius 2 is 2.09 bits per heavy atom. The van der Waals surface area contributed by atoms with Gasteiger partial charge in [-0.3, -0.25) is 4.89 Å². The van der Waals surface area contributed by atoms with E-state index in [1.54, 1.807) is 0 Å². The van der Waals surface area contributed by atoms with Crippen LogP contribution in [0.4, 0.5) is 0 Å². The Bertz CT molecular complexity index is 141. The monoisotopic (exact) mass is 158 g/mol. The lowest BCUT2D eigenvalue weighted by Gasteiger charge is -2.00. The van der Waals surface area contributed by atoms with Gasteiger partial charge >= 0.3 is 5.97 Å². The fraction of sp³-hybridized carbons (Fsp3) is 0.286. The number of rotatable bonds is 6. The molecular formula is C7H10O4. The van der Waals surface area contributed by atoms with E-state index in [2.05, 4.69) is 27.7 Å². The molecule has 0 atom stereocenters. The van der Waals surface area contributed by atoms with Crippen molar-refractivity contribution in [1.82, 2.24) is 0 Å². The topological polar surface area (TPSA) is 44.8 Å². The van der Waals surface area contributed by atoms with Crippen molar-refractivity contribution in [2.75, 3.05) is 13.2 Å². The van der Waals surface area contributed by atoms with Crippen LogP contribution in [0, 0.1) is 0 Å². The van der Waals surface area contributed by atoms with Crippen LogP contribution in [0.2, 0.25) is 0 Å². The summed E-state index contributed by atoms with van der Waals surface area (Å²) in [5, 5.41) is 0. The molecule has 0 aliphatic heterocycles. The third kappa shape index (κ3) is 6.60. The SMILES string of the molecule is C=COCCOOC(=O)C=C. The molecule has 0 rings (SSSR count). The Labute approximate surface area is 65.0 Å². The molecule has 62 valence electrons. The van der Waals surface area contributed by atoms with Gasteiger partial charge in [-0.2, -0.15) is 4.89 Å². The minimum absolute atomic E-state index is 0.172. The van der Waals surface area contributed by atoms with E-state index in [4.69, 9.17) is 0 Å². The first-order chi connectivity index (χ1) is 5.31. The lowest BCUT2D eigenvalue weighted by atomic mass is 10.7. The third-order valence-electron chi connectivity index (χ3n) is 0.710. The van der Waals surface area contributed by atoms with E-state index in [0.717, 1.165) is 6.08 Å². The molecule has 4 heteroatoms. The summed E-state index contributed by atoms with van der Waals surface area (Å²) in [5.41, 5.74) is 0. The summed E-state index contributed by atoms with van der Waals surface area (Å²) in [5.74, 6) is -0.622. The quantitative estimate of drug-likeness (QED) is 0.188. The van der Waals surface area contributed by atoms with E-state index in [9.17, 15) is 4.79 Å². The molecule has 0 heterocycles. The van der Waals surface area contributed by atoms with Crippen LogP contribution in [0.1, 0.15) is 0 Å². The average molecular weight is 158 g/mol. The molecule has 0 unspecified atom stereocenters. The van der Waals surface area contributed by atoms with Gasteiger partial charge in [-0.25, -0.2) is 4.79 Å². The van der Waals surface area contributed by atoms with E-state index in [1.165, 1.54) is 6.26 Å². The van der Waals surface area contributed by atoms with Gasteiger partial charge in [-0.1, -0.05) is 13.2 Å². The Morgan fingerprint density at radius 1 is 1.36 bits per heavy atom. The van der Waals surface area contributed by atoms with Gasteiger partial charge < -0.3 is 4.74 Å². The van der Waals surface area contributed by atoms with E-state index in [-0.39, 0.29) is 6.61 Å². The first-order valence-electron chi connectivity index (χ1n) is 2.99. The van der Waals surface area contributed by atoms with Crippen molar-refractivity contribution < 1.29 is 19.3 Å². The van der Waals surface area contributed by atoms with Crippen molar-refractivity contribution in [1.29, 1.82) is 0 Å². The van der Waals surface area contributed by atoms with Crippen molar-refractivity contribution in [3.05, 3.63) is 25.5 Å². The highest BCUT2D eigenvalue weighted by Crippen LogP contribution is 1.82. The molecule has 0 aromatic heterocycles. The Kier molecular flexibility index (Phi) is 6.02. The minimum Gasteiger partial charge on any atom is -0.499 e. The molecule has 0 amide bonds. The van der Waals surface area contributed by atoms with Crippen LogP contribution in [-0.2, 0) is 19.3 Å². The fourth-order valence-electron chi connectivity index (χ4n) is 0.299. The summed E-state index contributed by atoms with van der Waals surface area (Å²) >= 11 is 0. The second-order valence-electron chi connectivity index (χ2n) is 1.47. The van der Waals surface area contributed by atoms with Gasteiger partial charge in [-0.15, -0.1) is 0 Å². The van der Waals surface area contributed by atoms with Crippen LogP contribution in [0.25, 0.3) is 0 Å². The molecular weight excluding hydrogens is 148 g/mol. The van der Waals surface area contributed by atoms with Crippen LogP contribution >= 0.6 is 0 Å². The van der Waals surface area contributed by atoms with E-state index >= 15 is 0 Å². The summed E-state index contributed by atoms with van der Waals surface area (Å²) in [6.07, 6.45) is 2.28. The molecule has 11 heavy (non-hydrogen) atoms. The maximum Gasteiger partial charge on any atom is 0.365 e. The van der Waals surface area contributed by atoms with Crippen molar-refractivity contribution in [2.45, 2.75) is 0 Å². The Hall–Kier alpha value is -1.29. The number of hydrogen-bond donors (Lipinski definition) is 0. The summed E-state index contributed by atoms with van der Waals surface area (Å²) in [4.78, 5) is 18.9. The molecule has 0 fully saturated rings. The van der Waals surface area contributed by atoms with Gasteiger partial charge in [0.05, 0.1) is 6.26 Å². The lowest BCUT2D eigenvalue weighted by molar-refractivity contribution is -0.270. The van der Waals surface area contributed by atoms with Crippen LogP contribution < -0.4 is 0 Å². The molecule has 4 nitrogen and oxygen atoms in total. The highest BCUT2D eigenvalue weighted by atomic mass is 17.2. The molecule has 0 spiro atoms. The highest BCUT2D eigenvalue weighted by molar-refractivity contribution is 5.80. The number of carbonyl (C=O) groups excluding carboxylic acids is 1. The summed E-state index contributed by atoms with van der Waals surface area (Å²) in [6, 6.07) is 0. The zero-order chi connectivity index (χ0) is 8.53. The largest absolute Gasteiger partial charge is 0.499 e. The minimum atomic E-state index is -0.622. The zero-order valence-corrected chi connectivity index (χ0v) is 6.12. The van der Waals surface area contributed by atoms with Gasteiger partial charge in [0, 0.05) is 6.08 Å². The van der Waals surface area contributed by atoms with Gasteiger partial charge in [0.2, 0.25) is 0 Å². The summed E-state index contributed by atoms with van der Waals surface area (Å²) < 4.78 is 4.67. The molecule has 0 aromatic carbocycles. The van der Waals surface area contributed by atoms with Crippen molar-refractivity contribution >= 4 is 5.97 Å². The van der Waals surface area contributed by atoms with Crippen LogP contribution in [0.5, 0.6) is 0 Å². The normalized spacial score (nSPS) is 8.36. The maximum atomic E-state index is 10.3. The second-order valence-corrected chi connectivity index (χ2v) is 1.47. The van der Waals surface area contributed by atoms with Gasteiger partial charge in [0.15, 0.2) is 0 Å². The highest BCUT2D eigenvalue weighted by Gasteiger charge is 1.94. The molecule has 0 saturated carbocycles. The molecule has 0 aromatic rings. The van der Waals surface area contributed by atoms with Gasteiger partial charge in [0.25, 0.3) is 0 Å². The molecule has 0 saturated heterocycles. The maximum absolute atomic E-state index is 10.3. The lowest BCUT2D eigenvalue weighted by Crippen LogP contribution is -2.06. The second kappa shape index (κ2) is 6.82. The van der Waals surface area contributed by atoms with Crippen LogP contribution in [0.15, 0.2) is 25.5 Å². The van der Waals surface area contributed by atoms with Crippen molar-refractivity contribution in [3.63, 3.8) is 0 Å². The predicted molar refractivity (Wildman–Crippen MR) is 38.4 cm³/mol. The standard InChI is InChI=1S/C7H10O4/c1-3-7(8)11-10-6-5-9-4-2/h3-4H,1-2,5-6H2. The van der Waals surface area contributed by atoms with Crippen LogP contribution in [-0.4, -0.2) is 19.2 Å². The molecule has 0 bridgehead atoms. The molecule has 0 aliphatic carbocycles. The number of carbonyl (C=O) groups is 1. The van der Waals surface area contributed by atoms with E-state index < -0.39 is 5.97 Å². The molecule has 0 radical (unpaired) electrons. The van der Waals surface area contributed by atoms with E-state index in [1.807, 2.05) is 0 Å². The molecule has 0 N–H and O–H groups in total. The number of hydrogen-bond acceptors (Lipinski definition) is 4. The van der Waals surface area contributed by atoms with E-state index in [0.29, 0.717) is 6.61 Å². The first kappa shape index (κ1) is 9.71. The predicted octanol–water partition coefficient (Wildman–Crippen LogP) is 0.807. The third-order valence-corrected chi connectivity index (χ3v) is 0.710. The van der Waals surface area contributed by atoms with Gasteiger partial charge in [-0.05, 0) is 0 Å². The zero-order valence-electron chi connectivity index (χ0n) is 6.12. The number of ether oxygens (including phenoxy) is 1. The van der Waals surface area contributed by atoms with Crippen LogP contribution in [0.3, 0.4) is 0 Å². The van der Waals surface area contributed by atoms with Gasteiger partial charge in [0.1, 0.15) is 13.2 Å². The average Bonchev–Trinajstić information content (AvgIpc) is 2.04. The van der Waals surface area contributed by atoms with Crippen molar-refractivity contribution in [3.8, 4) is 0 Å². The fourth-order valence-corrected chi connectivity index (χ4v) is 0.299. The summed E-state index contributed by atoms with van der Waals surface area (Å²) in [6.45, 7) is 6.95. The Balaban J connectivity index is 3.07. The summed E-state index contributed by atoms with van der Waals surface area (Å²) in [7, 11) is 0.